The van der Waals surface area contributed by atoms with Gasteiger partial charge in [0.05, 0.1) is 29.8 Å². The van der Waals surface area contributed by atoms with E-state index in [1.54, 1.807) is 12.1 Å². The third-order valence-corrected chi connectivity index (χ3v) is 5.89. The van der Waals surface area contributed by atoms with Gasteiger partial charge >= 0.3 is 6.55 Å². The molecule has 0 aliphatic rings. The number of hydrogen-bond acceptors (Lipinski definition) is 4. The zero-order valence-electron chi connectivity index (χ0n) is 14.4. The van der Waals surface area contributed by atoms with Crippen molar-refractivity contribution in [2.45, 2.75) is 31.8 Å². The maximum absolute atomic E-state index is 12.9. The first-order chi connectivity index (χ1) is 12.7. The van der Waals surface area contributed by atoms with E-state index in [0.29, 0.717) is 16.2 Å². The molecule has 1 N–H and O–H groups in total. The van der Waals surface area contributed by atoms with Crippen LogP contribution in [0.5, 0.6) is 0 Å². The Kier molecular flexibility index (Phi) is 5.20. The Balaban J connectivity index is 1.84. The maximum atomic E-state index is 12.9. The van der Waals surface area contributed by atoms with Crippen molar-refractivity contribution >= 4 is 27.3 Å². The summed E-state index contributed by atoms with van der Waals surface area (Å²) in [6, 6.07) is 7.22. The molecule has 0 bridgehead atoms. The van der Waals surface area contributed by atoms with Crippen LogP contribution in [0, 0.1) is 13.8 Å². The van der Waals surface area contributed by atoms with E-state index in [2.05, 4.69) is 14.9 Å². The van der Waals surface area contributed by atoms with Gasteiger partial charge in [0, 0.05) is 11.2 Å². The Labute approximate surface area is 159 Å². The fourth-order valence-electron chi connectivity index (χ4n) is 2.74. The smallest absolute Gasteiger partial charge is 0.276 e. The summed E-state index contributed by atoms with van der Waals surface area (Å²) in [4.78, 5) is -0.276. The number of hydrogen-bond donors (Lipinski definition) is 1. The molecule has 0 aliphatic heterocycles. The van der Waals surface area contributed by atoms with Crippen molar-refractivity contribution in [2.75, 3.05) is 4.72 Å². The molecular formula is C16H16ClF2N5O2S. The topological polar surface area (TPSA) is 81.8 Å². The third kappa shape index (κ3) is 3.96. The standard InChI is InChI=1S/C16H16ClF2N5O2S/c1-10-15(11(2)24(21-10)16(18)19)27(25,26)22-13-7-20-23(9-13)8-12-5-3-4-6-14(12)17/h3-7,9,16,22H,8H2,1-2H3. The second kappa shape index (κ2) is 7.28. The Morgan fingerprint density at radius 3 is 2.59 bits per heavy atom. The summed E-state index contributed by atoms with van der Waals surface area (Å²) in [5, 5.41) is 8.27. The number of aryl methyl sites for hydroxylation is 1. The van der Waals surface area contributed by atoms with Gasteiger partial charge in [0.25, 0.3) is 10.0 Å². The van der Waals surface area contributed by atoms with Crippen LogP contribution in [0.2, 0.25) is 5.02 Å². The van der Waals surface area contributed by atoms with E-state index in [1.807, 2.05) is 12.1 Å². The molecule has 7 nitrogen and oxygen atoms in total. The quantitative estimate of drug-likeness (QED) is 0.667. The summed E-state index contributed by atoms with van der Waals surface area (Å²) in [5.74, 6) is 0. The predicted molar refractivity (Wildman–Crippen MR) is 96.5 cm³/mol. The fraction of sp³-hybridized carbons (Fsp3) is 0.250. The van der Waals surface area contributed by atoms with Gasteiger partial charge in [-0.15, -0.1) is 0 Å². The number of nitrogens with one attached hydrogen (secondary N) is 1. The van der Waals surface area contributed by atoms with Crippen LogP contribution in [0.3, 0.4) is 0 Å². The molecule has 0 unspecified atom stereocenters. The molecule has 0 fully saturated rings. The first-order valence-electron chi connectivity index (χ1n) is 7.81. The molecule has 0 aliphatic carbocycles. The molecular weight excluding hydrogens is 400 g/mol. The Morgan fingerprint density at radius 2 is 1.96 bits per heavy atom. The summed E-state index contributed by atoms with van der Waals surface area (Å²) in [6.07, 6.45) is 2.82. The van der Waals surface area contributed by atoms with Crippen LogP contribution in [0.15, 0.2) is 41.6 Å². The number of alkyl halides is 2. The third-order valence-electron chi connectivity index (χ3n) is 3.89. The monoisotopic (exact) mass is 415 g/mol. The second-order valence-corrected chi connectivity index (χ2v) is 7.87. The van der Waals surface area contributed by atoms with E-state index in [9.17, 15) is 17.2 Å². The summed E-state index contributed by atoms with van der Waals surface area (Å²) in [6.45, 7) is 0.0667. The number of nitrogens with zero attached hydrogens (tertiary/aromatic N) is 4. The van der Waals surface area contributed by atoms with E-state index in [0.717, 1.165) is 5.56 Å². The molecule has 2 aromatic heterocycles. The Morgan fingerprint density at radius 1 is 1.26 bits per heavy atom. The van der Waals surface area contributed by atoms with E-state index < -0.39 is 16.6 Å². The molecule has 2 heterocycles. The molecule has 0 atom stereocenters. The molecule has 0 radical (unpaired) electrons. The Hall–Kier alpha value is -2.46. The Bertz CT molecular complexity index is 1080. The van der Waals surface area contributed by atoms with E-state index in [1.165, 1.54) is 30.9 Å². The van der Waals surface area contributed by atoms with Crippen LogP contribution in [-0.4, -0.2) is 28.0 Å². The number of aromatic nitrogens is 4. The summed E-state index contributed by atoms with van der Waals surface area (Å²) in [7, 11) is -4.10. The highest BCUT2D eigenvalue weighted by molar-refractivity contribution is 7.92. The molecule has 0 spiro atoms. The highest BCUT2D eigenvalue weighted by Gasteiger charge is 2.27. The molecule has 1 aromatic carbocycles. The van der Waals surface area contributed by atoms with Crippen molar-refractivity contribution in [1.29, 1.82) is 0 Å². The summed E-state index contributed by atoms with van der Waals surface area (Å²) >= 11 is 6.11. The van der Waals surface area contributed by atoms with Gasteiger partial charge in [0.2, 0.25) is 0 Å². The number of sulfonamides is 1. The number of benzene rings is 1. The van der Waals surface area contributed by atoms with Gasteiger partial charge < -0.3 is 0 Å². The van der Waals surface area contributed by atoms with E-state index in [4.69, 9.17) is 11.6 Å². The maximum Gasteiger partial charge on any atom is 0.333 e. The van der Waals surface area contributed by atoms with Gasteiger partial charge in [0.15, 0.2) is 0 Å². The fourth-order valence-corrected chi connectivity index (χ4v) is 4.36. The molecule has 0 saturated heterocycles. The van der Waals surface area contributed by atoms with Crippen LogP contribution in [-0.2, 0) is 16.6 Å². The van der Waals surface area contributed by atoms with Crippen LogP contribution in [0.25, 0.3) is 0 Å². The summed E-state index contributed by atoms with van der Waals surface area (Å²) < 4.78 is 55.4. The number of halogens is 3. The van der Waals surface area contributed by atoms with Crippen molar-refractivity contribution in [3.8, 4) is 0 Å². The number of anilines is 1. The van der Waals surface area contributed by atoms with E-state index >= 15 is 0 Å². The lowest BCUT2D eigenvalue weighted by Crippen LogP contribution is -2.15. The highest BCUT2D eigenvalue weighted by Crippen LogP contribution is 2.25. The molecule has 27 heavy (non-hydrogen) atoms. The minimum absolute atomic E-state index is 0.0104. The van der Waals surface area contributed by atoms with Crippen LogP contribution in [0.1, 0.15) is 23.5 Å². The van der Waals surface area contributed by atoms with Gasteiger partial charge in [-0.05, 0) is 25.5 Å². The van der Waals surface area contributed by atoms with Gasteiger partial charge in [-0.3, -0.25) is 9.40 Å². The molecule has 11 heteroatoms. The van der Waals surface area contributed by atoms with Gasteiger partial charge in [-0.2, -0.15) is 19.0 Å². The highest BCUT2D eigenvalue weighted by atomic mass is 35.5. The van der Waals surface area contributed by atoms with Crippen molar-refractivity contribution in [1.82, 2.24) is 19.6 Å². The lowest BCUT2D eigenvalue weighted by molar-refractivity contribution is 0.0538. The zero-order chi connectivity index (χ0) is 19.8. The van der Waals surface area contributed by atoms with Crippen molar-refractivity contribution in [2.24, 2.45) is 0 Å². The number of rotatable bonds is 6. The second-order valence-electron chi connectivity index (χ2n) is 5.85. The normalized spacial score (nSPS) is 11.9. The predicted octanol–water partition coefficient (Wildman–Crippen LogP) is 3.59. The molecule has 144 valence electrons. The SMILES string of the molecule is Cc1nn(C(F)F)c(C)c1S(=O)(=O)Nc1cnn(Cc2ccccc2Cl)c1. The molecule has 0 amide bonds. The van der Waals surface area contributed by atoms with Gasteiger partial charge in [-0.25, -0.2) is 13.1 Å². The van der Waals surface area contributed by atoms with Crippen molar-refractivity contribution < 1.29 is 17.2 Å². The average Bonchev–Trinajstić information content (AvgIpc) is 3.13. The summed E-state index contributed by atoms with van der Waals surface area (Å²) in [5.41, 5.74) is 0.870. The first-order valence-corrected chi connectivity index (χ1v) is 9.67. The lowest BCUT2D eigenvalue weighted by Gasteiger charge is -2.07. The molecule has 3 rings (SSSR count). The van der Waals surface area contributed by atoms with Crippen LogP contribution >= 0.6 is 11.6 Å². The average molecular weight is 416 g/mol. The molecule has 3 aromatic rings. The largest absolute Gasteiger partial charge is 0.333 e. The molecule has 0 saturated carbocycles. The zero-order valence-corrected chi connectivity index (χ0v) is 16.0. The van der Waals surface area contributed by atoms with Gasteiger partial charge in [-0.1, -0.05) is 29.8 Å². The van der Waals surface area contributed by atoms with Gasteiger partial charge in [0.1, 0.15) is 4.90 Å². The minimum atomic E-state index is -4.10. The lowest BCUT2D eigenvalue weighted by atomic mass is 10.2. The van der Waals surface area contributed by atoms with Crippen molar-refractivity contribution in [3.05, 3.63) is 58.6 Å². The van der Waals surface area contributed by atoms with E-state index in [-0.39, 0.29) is 22.0 Å². The van der Waals surface area contributed by atoms with Crippen LogP contribution in [0.4, 0.5) is 14.5 Å². The van der Waals surface area contributed by atoms with Crippen LogP contribution < -0.4 is 4.72 Å². The van der Waals surface area contributed by atoms with Crippen molar-refractivity contribution in [3.63, 3.8) is 0 Å². The first kappa shape index (κ1) is 19.3. The minimum Gasteiger partial charge on any atom is -0.276 e.